The van der Waals surface area contributed by atoms with Gasteiger partial charge in [-0.25, -0.2) is 9.78 Å². The molecule has 1 aromatic carbocycles. The number of ether oxygens (including phenoxy) is 1. The topological polar surface area (TPSA) is 149 Å². The number of thiazole rings is 1. The van der Waals surface area contributed by atoms with Crippen molar-refractivity contribution in [2.24, 2.45) is 0 Å². The van der Waals surface area contributed by atoms with E-state index in [4.69, 9.17) is 21.3 Å². The molecule has 0 amide bonds. The number of carbonyl (C=O) groups is 3. The number of carboxylic acids is 3. The van der Waals surface area contributed by atoms with Crippen molar-refractivity contribution in [2.45, 2.75) is 69.6 Å². The van der Waals surface area contributed by atoms with Gasteiger partial charge in [0.2, 0.25) is 0 Å². The van der Waals surface area contributed by atoms with E-state index in [0.717, 1.165) is 25.0 Å². The molecular formula is C26H34ClN3O7S. The first-order valence-corrected chi connectivity index (χ1v) is 13.9. The molecule has 1 atom stereocenters. The molecule has 38 heavy (non-hydrogen) atoms. The minimum Gasteiger partial charge on any atom is -0.481 e. The van der Waals surface area contributed by atoms with E-state index in [1.54, 1.807) is 0 Å². The number of benzene rings is 1. The van der Waals surface area contributed by atoms with Gasteiger partial charge < -0.3 is 25.4 Å². The molecule has 10 nitrogen and oxygen atoms in total. The van der Waals surface area contributed by atoms with E-state index < -0.39 is 42.6 Å². The van der Waals surface area contributed by atoms with Crippen LogP contribution in [0.1, 0.15) is 63.6 Å². The van der Waals surface area contributed by atoms with Crippen LogP contribution in [0.3, 0.4) is 0 Å². The zero-order chi connectivity index (χ0) is 27.9. The summed E-state index contributed by atoms with van der Waals surface area (Å²) in [4.78, 5) is 41.7. The van der Waals surface area contributed by atoms with Gasteiger partial charge in [-0.3, -0.25) is 14.5 Å². The van der Waals surface area contributed by atoms with Gasteiger partial charge >= 0.3 is 17.9 Å². The molecule has 1 aromatic heterocycles. The highest BCUT2D eigenvalue weighted by molar-refractivity contribution is 7.13. The molecule has 0 aliphatic heterocycles. The molecular weight excluding hydrogens is 534 g/mol. The highest BCUT2D eigenvalue weighted by atomic mass is 35.5. The minimum atomic E-state index is -2.39. The van der Waals surface area contributed by atoms with Crippen LogP contribution in [-0.2, 0) is 24.5 Å². The van der Waals surface area contributed by atoms with Crippen LogP contribution in [-0.4, -0.2) is 74.6 Å². The fourth-order valence-electron chi connectivity index (χ4n) is 4.91. The molecule has 4 N–H and O–H groups in total. The Bertz CT molecular complexity index is 1100. The van der Waals surface area contributed by atoms with E-state index in [0.29, 0.717) is 29.8 Å². The second-order valence-electron chi connectivity index (χ2n) is 9.43. The van der Waals surface area contributed by atoms with Gasteiger partial charge in [0.05, 0.1) is 18.5 Å². The Morgan fingerprint density at radius 3 is 2.21 bits per heavy atom. The average Bonchev–Trinajstić information content (AvgIpc) is 3.28. The summed E-state index contributed by atoms with van der Waals surface area (Å²) in [6.07, 6.45) is 0.640. The number of nitrogens with one attached hydrogen (secondary N) is 1. The zero-order valence-corrected chi connectivity index (χ0v) is 23.1. The van der Waals surface area contributed by atoms with Gasteiger partial charge in [-0.05, 0) is 43.6 Å². The Morgan fingerprint density at radius 2 is 1.74 bits per heavy atom. The van der Waals surface area contributed by atoms with Gasteiger partial charge in [0, 0.05) is 28.8 Å². The molecule has 1 saturated carbocycles. The summed E-state index contributed by atoms with van der Waals surface area (Å²) < 4.78 is 5.85. The van der Waals surface area contributed by atoms with Crippen molar-refractivity contribution in [1.82, 2.24) is 9.88 Å². The molecule has 0 bridgehead atoms. The summed E-state index contributed by atoms with van der Waals surface area (Å²) in [7, 11) is 0. The quantitative estimate of drug-likeness (QED) is 0.213. The van der Waals surface area contributed by atoms with Gasteiger partial charge in [-0.15, -0.1) is 11.3 Å². The van der Waals surface area contributed by atoms with Crippen molar-refractivity contribution in [3.05, 3.63) is 45.9 Å². The number of anilines is 1. The van der Waals surface area contributed by atoms with Crippen LogP contribution in [0.5, 0.6) is 0 Å². The number of halogens is 1. The third-order valence-corrected chi connectivity index (χ3v) is 8.16. The lowest BCUT2D eigenvalue weighted by molar-refractivity contribution is -0.201. The van der Waals surface area contributed by atoms with Crippen LogP contribution in [0.25, 0.3) is 0 Å². The zero-order valence-electron chi connectivity index (χ0n) is 21.5. The van der Waals surface area contributed by atoms with E-state index in [1.807, 2.05) is 48.4 Å². The number of carboxylic acid groups (broad SMARTS) is 3. The molecule has 1 heterocycles. The van der Waals surface area contributed by atoms with E-state index in [-0.39, 0.29) is 11.8 Å². The molecule has 1 fully saturated rings. The lowest BCUT2D eigenvalue weighted by atomic mass is 9.63. The summed E-state index contributed by atoms with van der Waals surface area (Å²) in [5.74, 6) is -4.53. The largest absolute Gasteiger partial charge is 0.481 e. The molecule has 0 spiro atoms. The Hall–Kier alpha value is -2.73. The molecule has 12 heteroatoms. The second kappa shape index (κ2) is 12.9. The van der Waals surface area contributed by atoms with E-state index in [1.165, 1.54) is 16.9 Å². The summed E-state index contributed by atoms with van der Waals surface area (Å²) in [5.41, 5.74) is -0.360. The molecule has 1 aliphatic rings. The van der Waals surface area contributed by atoms with Gasteiger partial charge in [-0.1, -0.05) is 44.0 Å². The first kappa shape index (κ1) is 29.8. The minimum absolute atomic E-state index is 0.136. The number of aromatic nitrogens is 1. The van der Waals surface area contributed by atoms with Crippen LogP contribution in [0.4, 0.5) is 5.13 Å². The van der Waals surface area contributed by atoms with E-state index >= 15 is 0 Å². The van der Waals surface area contributed by atoms with E-state index in [2.05, 4.69) is 5.32 Å². The Morgan fingerprint density at radius 1 is 1.13 bits per heavy atom. The summed E-state index contributed by atoms with van der Waals surface area (Å²) in [6, 6.07) is 7.87. The molecule has 2 aromatic rings. The van der Waals surface area contributed by atoms with Crippen molar-refractivity contribution in [2.75, 3.05) is 25.0 Å². The molecule has 1 aliphatic carbocycles. The van der Waals surface area contributed by atoms with Crippen LogP contribution < -0.4 is 5.32 Å². The maximum absolute atomic E-state index is 12.1. The van der Waals surface area contributed by atoms with Gasteiger partial charge in [-0.2, -0.15) is 0 Å². The first-order chi connectivity index (χ1) is 18.0. The standard InChI is InChI=1S/C26H34ClN3O7S/c1-3-30(4-2)20(37-26(23(35)36,14-21(31)32)15-22(33)34)10-13-28-24-29-19(16-38-24)25(11-5-12-25)17-6-8-18(27)9-7-17/h6-9,16,20H,3-5,10-15H2,1-2H3,(H,28,29)(H,31,32)(H,33,34)(H,35,36). The molecule has 0 saturated heterocycles. The monoisotopic (exact) mass is 567 g/mol. The van der Waals surface area contributed by atoms with E-state index in [9.17, 15) is 29.7 Å². The smallest absolute Gasteiger partial charge is 0.337 e. The Balaban J connectivity index is 1.74. The third kappa shape index (κ3) is 6.82. The molecule has 0 radical (unpaired) electrons. The average molecular weight is 568 g/mol. The number of rotatable bonds is 16. The highest BCUT2D eigenvalue weighted by Crippen LogP contribution is 2.49. The van der Waals surface area contributed by atoms with Crippen LogP contribution in [0.2, 0.25) is 5.02 Å². The maximum Gasteiger partial charge on any atom is 0.337 e. The van der Waals surface area contributed by atoms with Crippen LogP contribution in [0, 0.1) is 0 Å². The maximum atomic E-state index is 12.1. The number of nitrogens with zero attached hydrogens (tertiary/aromatic N) is 2. The van der Waals surface area contributed by atoms with Crippen molar-refractivity contribution >= 4 is 46.0 Å². The summed E-state index contributed by atoms with van der Waals surface area (Å²) in [5, 5.41) is 35.2. The van der Waals surface area contributed by atoms with Gasteiger partial charge in [0.15, 0.2) is 10.7 Å². The third-order valence-electron chi connectivity index (χ3n) is 7.11. The predicted octanol–water partition coefficient (Wildman–Crippen LogP) is 4.53. The molecule has 3 rings (SSSR count). The van der Waals surface area contributed by atoms with Gasteiger partial charge in [0.1, 0.15) is 6.23 Å². The van der Waals surface area contributed by atoms with Gasteiger partial charge in [0.25, 0.3) is 0 Å². The normalized spacial score (nSPS) is 15.6. The lowest BCUT2D eigenvalue weighted by Crippen LogP contribution is -2.52. The Kier molecular flexibility index (Phi) is 10.1. The fraction of sp³-hybridized carbons (Fsp3) is 0.538. The highest BCUT2D eigenvalue weighted by Gasteiger charge is 2.47. The first-order valence-electron chi connectivity index (χ1n) is 12.6. The summed E-state index contributed by atoms with van der Waals surface area (Å²) in [6.45, 7) is 5.10. The van der Waals surface area contributed by atoms with Crippen molar-refractivity contribution in [1.29, 1.82) is 0 Å². The van der Waals surface area contributed by atoms with Crippen molar-refractivity contribution in [3.63, 3.8) is 0 Å². The lowest BCUT2D eigenvalue weighted by Gasteiger charge is -2.41. The van der Waals surface area contributed by atoms with Crippen molar-refractivity contribution in [3.8, 4) is 0 Å². The van der Waals surface area contributed by atoms with Crippen LogP contribution in [0.15, 0.2) is 29.6 Å². The number of aliphatic carboxylic acids is 3. The SMILES string of the molecule is CCN(CC)C(CCNc1nc(C2(c3ccc(Cl)cc3)CCC2)cs1)OC(CC(=O)O)(CC(=O)O)C(=O)O. The number of hydrogen-bond acceptors (Lipinski definition) is 8. The molecule has 1 unspecified atom stereocenters. The van der Waals surface area contributed by atoms with Crippen molar-refractivity contribution < 1.29 is 34.4 Å². The molecule has 208 valence electrons. The Labute approximate surface area is 230 Å². The number of hydrogen-bond donors (Lipinski definition) is 4. The van der Waals surface area contributed by atoms with Crippen LogP contribution >= 0.6 is 22.9 Å². The predicted molar refractivity (Wildman–Crippen MR) is 144 cm³/mol. The fourth-order valence-corrected chi connectivity index (χ4v) is 5.88. The second-order valence-corrected chi connectivity index (χ2v) is 10.7. The summed E-state index contributed by atoms with van der Waals surface area (Å²) >= 11 is 7.56.